The largest absolute Gasteiger partial charge is 0.495 e. The zero-order valence-corrected chi connectivity index (χ0v) is 13.1. The van der Waals surface area contributed by atoms with E-state index in [0.29, 0.717) is 22.9 Å². The van der Waals surface area contributed by atoms with Gasteiger partial charge in [-0.15, -0.1) is 10.2 Å². The quantitative estimate of drug-likeness (QED) is 0.379. The molecule has 2 aromatic rings. The third-order valence-corrected chi connectivity index (χ3v) is 3.24. The first kappa shape index (κ1) is 16.5. The minimum atomic E-state index is -0.541. The van der Waals surface area contributed by atoms with E-state index in [1.165, 1.54) is 32.4 Å². The molecule has 0 aliphatic heterocycles. The molecule has 9 heteroatoms. The second kappa shape index (κ2) is 6.93. The summed E-state index contributed by atoms with van der Waals surface area (Å²) in [5.74, 6) is 0.833. The molecule has 23 heavy (non-hydrogen) atoms. The van der Waals surface area contributed by atoms with Crippen molar-refractivity contribution in [1.82, 2.24) is 0 Å². The topological polar surface area (TPSA) is 112 Å². The Bertz CT molecular complexity index is 780. The third-order valence-electron chi connectivity index (χ3n) is 2.94. The van der Waals surface area contributed by atoms with Crippen LogP contribution in [0.15, 0.2) is 40.6 Å². The molecule has 0 unspecified atom stereocenters. The van der Waals surface area contributed by atoms with E-state index in [9.17, 15) is 10.1 Å². The highest BCUT2D eigenvalue weighted by Crippen LogP contribution is 2.38. The molecule has 0 saturated carbocycles. The summed E-state index contributed by atoms with van der Waals surface area (Å²) in [5.41, 5.74) is 6.74. The minimum absolute atomic E-state index is 0.115. The fourth-order valence-corrected chi connectivity index (χ4v) is 1.99. The minimum Gasteiger partial charge on any atom is -0.495 e. The zero-order chi connectivity index (χ0) is 17.0. The molecule has 0 spiro atoms. The highest BCUT2D eigenvalue weighted by atomic mass is 35.5. The first-order valence-corrected chi connectivity index (χ1v) is 6.71. The Balaban J connectivity index is 2.38. The van der Waals surface area contributed by atoms with Gasteiger partial charge in [0.25, 0.3) is 5.69 Å². The summed E-state index contributed by atoms with van der Waals surface area (Å²) < 4.78 is 10.3. The number of hydrogen-bond donors (Lipinski definition) is 1. The Morgan fingerprint density at radius 3 is 2.30 bits per heavy atom. The van der Waals surface area contributed by atoms with Crippen LogP contribution in [0.25, 0.3) is 0 Å². The van der Waals surface area contributed by atoms with Crippen LogP contribution in [-0.4, -0.2) is 19.1 Å². The van der Waals surface area contributed by atoms with Crippen molar-refractivity contribution < 1.29 is 14.4 Å². The molecular weight excluding hydrogens is 324 g/mol. The molecule has 2 aromatic carbocycles. The zero-order valence-electron chi connectivity index (χ0n) is 12.3. The number of rotatable bonds is 5. The van der Waals surface area contributed by atoms with Gasteiger partial charge in [0.1, 0.15) is 22.9 Å². The molecule has 0 aromatic heterocycles. The first-order valence-electron chi connectivity index (χ1n) is 6.33. The van der Waals surface area contributed by atoms with E-state index in [1.807, 2.05) is 0 Å². The van der Waals surface area contributed by atoms with Crippen molar-refractivity contribution in [2.75, 3.05) is 20.0 Å². The Labute approximate surface area is 136 Å². The van der Waals surface area contributed by atoms with Crippen molar-refractivity contribution >= 4 is 34.4 Å². The van der Waals surface area contributed by atoms with Crippen LogP contribution >= 0.6 is 11.6 Å². The molecule has 8 nitrogen and oxygen atoms in total. The van der Waals surface area contributed by atoms with Gasteiger partial charge in [0.05, 0.1) is 29.9 Å². The summed E-state index contributed by atoms with van der Waals surface area (Å²) in [6.45, 7) is 0. The number of nitro benzene ring substituents is 1. The lowest BCUT2D eigenvalue weighted by atomic mass is 10.2. The smallest absolute Gasteiger partial charge is 0.271 e. The van der Waals surface area contributed by atoms with E-state index in [0.717, 1.165) is 0 Å². The van der Waals surface area contributed by atoms with Crippen LogP contribution < -0.4 is 15.2 Å². The van der Waals surface area contributed by atoms with Gasteiger partial charge in [0, 0.05) is 24.3 Å². The number of methoxy groups -OCH3 is 2. The lowest BCUT2D eigenvalue weighted by molar-refractivity contribution is -0.384. The van der Waals surface area contributed by atoms with E-state index < -0.39 is 4.92 Å². The molecule has 2 N–H and O–H groups in total. The van der Waals surface area contributed by atoms with Gasteiger partial charge in [-0.2, -0.15) is 0 Å². The summed E-state index contributed by atoms with van der Waals surface area (Å²) >= 11 is 5.96. The molecule has 0 heterocycles. The fourth-order valence-electron chi connectivity index (χ4n) is 1.78. The Hall–Kier alpha value is -2.87. The second-order valence-corrected chi connectivity index (χ2v) is 4.77. The number of anilines is 1. The van der Waals surface area contributed by atoms with Gasteiger partial charge < -0.3 is 15.2 Å². The van der Waals surface area contributed by atoms with Crippen molar-refractivity contribution in [3.63, 3.8) is 0 Å². The predicted octanol–water partition coefficient (Wildman–Crippen LogP) is 4.26. The SMILES string of the molecule is COc1cc(N=Nc2ccc([N+](=O)[O-])cc2Cl)c(OC)cc1N. The molecule has 0 aliphatic rings. The van der Waals surface area contributed by atoms with Gasteiger partial charge in [0.15, 0.2) is 0 Å². The summed E-state index contributed by atoms with van der Waals surface area (Å²) in [6.07, 6.45) is 0. The maximum atomic E-state index is 10.7. The second-order valence-electron chi connectivity index (χ2n) is 4.36. The average Bonchev–Trinajstić information content (AvgIpc) is 2.53. The number of nitrogens with two attached hydrogens (primary N) is 1. The molecule has 0 atom stereocenters. The molecule has 2 rings (SSSR count). The number of halogens is 1. The molecule has 0 radical (unpaired) electrons. The monoisotopic (exact) mass is 336 g/mol. The maximum absolute atomic E-state index is 10.7. The maximum Gasteiger partial charge on any atom is 0.271 e. The summed E-state index contributed by atoms with van der Waals surface area (Å²) in [7, 11) is 2.95. The van der Waals surface area contributed by atoms with Gasteiger partial charge >= 0.3 is 0 Å². The Morgan fingerprint density at radius 1 is 1.09 bits per heavy atom. The van der Waals surface area contributed by atoms with Crippen molar-refractivity contribution in [3.8, 4) is 11.5 Å². The van der Waals surface area contributed by atoms with E-state index in [1.54, 1.807) is 12.1 Å². The van der Waals surface area contributed by atoms with E-state index in [2.05, 4.69) is 10.2 Å². The lowest BCUT2D eigenvalue weighted by Crippen LogP contribution is -1.93. The number of nitrogen functional groups attached to an aromatic ring is 1. The number of nitrogens with zero attached hydrogens (tertiary/aromatic N) is 3. The standard InChI is InChI=1S/C14H13ClN4O4/c1-22-13-7-12(14(23-2)6-10(13)16)18-17-11-4-3-8(19(20)21)5-9(11)15/h3-7H,16H2,1-2H3. The lowest BCUT2D eigenvalue weighted by Gasteiger charge is -2.09. The van der Waals surface area contributed by atoms with Crippen molar-refractivity contribution in [3.05, 3.63) is 45.5 Å². The number of azo groups is 1. The van der Waals surface area contributed by atoms with Gasteiger partial charge in [-0.1, -0.05) is 11.6 Å². The summed E-state index contributed by atoms with van der Waals surface area (Å²) in [4.78, 5) is 10.1. The van der Waals surface area contributed by atoms with Gasteiger partial charge in [-0.25, -0.2) is 0 Å². The molecule has 0 saturated heterocycles. The number of non-ortho nitro benzene ring substituents is 1. The molecule has 0 bridgehead atoms. The van der Waals surface area contributed by atoms with Crippen LogP contribution in [0.1, 0.15) is 0 Å². The molecular formula is C14H13ClN4O4. The number of benzene rings is 2. The van der Waals surface area contributed by atoms with Crippen LogP contribution in [0, 0.1) is 10.1 Å². The van der Waals surface area contributed by atoms with Crippen LogP contribution in [-0.2, 0) is 0 Å². The number of nitro groups is 1. The highest BCUT2D eigenvalue weighted by molar-refractivity contribution is 6.33. The number of ether oxygens (including phenoxy) is 2. The Morgan fingerprint density at radius 2 is 1.74 bits per heavy atom. The first-order chi connectivity index (χ1) is 11.0. The molecule has 0 amide bonds. The van der Waals surface area contributed by atoms with Crippen molar-refractivity contribution in [2.45, 2.75) is 0 Å². The fraction of sp³-hybridized carbons (Fsp3) is 0.143. The van der Waals surface area contributed by atoms with Gasteiger partial charge in [-0.05, 0) is 6.07 Å². The van der Waals surface area contributed by atoms with E-state index in [-0.39, 0.29) is 16.4 Å². The summed E-state index contributed by atoms with van der Waals surface area (Å²) in [6, 6.07) is 7.03. The molecule has 120 valence electrons. The van der Waals surface area contributed by atoms with Crippen LogP contribution in [0.5, 0.6) is 11.5 Å². The van der Waals surface area contributed by atoms with Crippen LogP contribution in [0.2, 0.25) is 5.02 Å². The van der Waals surface area contributed by atoms with Crippen molar-refractivity contribution in [2.24, 2.45) is 10.2 Å². The Kier molecular flexibility index (Phi) is 4.97. The molecule has 0 fully saturated rings. The van der Waals surface area contributed by atoms with E-state index in [4.69, 9.17) is 26.8 Å². The highest BCUT2D eigenvalue weighted by Gasteiger charge is 2.11. The molecule has 0 aliphatic carbocycles. The van der Waals surface area contributed by atoms with Crippen molar-refractivity contribution in [1.29, 1.82) is 0 Å². The third kappa shape index (κ3) is 3.67. The van der Waals surface area contributed by atoms with Crippen LogP contribution in [0.4, 0.5) is 22.7 Å². The van der Waals surface area contributed by atoms with E-state index >= 15 is 0 Å². The van der Waals surface area contributed by atoms with Crippen LogP contribution in [0.3, 0.4) is 0 Å². The normalized spacial score (nSPS) is 10.7. The number of hydrogen-bond acceptors (Lipinski definition) is 7. The predicted molar refractivity (Wildman–Crippen MR) is 86.2 cm³/mol. The average molecular weight is 337 g/mol. The van der Waals surface area contributed by atoms with Gasteiger partial charge in [-0.3, -0.25) is 10.1 Å². The van der Waals surface area contributed by atoms with Gasteiger partial charge in [0.2, 0.25) is 0 Å². The summed E-state index contributed by atoms with van der Waals surface area (Å²) in [5, 5.41) is 18.8.